The molecule has 2 aliphatic heterocycles. The first-order chi connectivity index (χ1) is 13.1. The summed E-state index contributed by atoms with van der Waals surface area (Å²) in [5.74, 6) is -2.69. The SMILES string of the molecule is C=CCN1CC2(CCN(Cc3ccoc3)CC2)OCC1=O.O=C(O)C(F)(F)F. The minimum absolute atomic E-state index is 0.0707. The Hall–Kier alpha value is -2.33. The molecule has 2 aliphatic rings. The van der Waals surface area contributed by atoms with E-state index >= 15 is 0 Å². The smallest absolute Gasteiger partial charge is 0.475 e. The molecule has 0 radical (unpaired) electrons. The second-order valence-corrected chi connectivity index (χ2v) is 6.75. The van der Waals surface area contributed by atoms with Crippen molar-refractivity contribution >= 4 is 11.9 Å². The summed E-state index contributed by atoms with van der Waals surface area (Å²) in [7, 11) is 0. The lowest BCUT2D eigenvalue weighted by molar-refractivity contribution is -0.192. The number of nitrogens with zero attached hydrogens (tertiary/aromatic N) is 2. The van der Waals surface area contributed by atoms with Crippen LogP contribution in [0.2, 0.25) is 0 Å². The standard InChI is InChI=1S/C16H22N2O3.C2HF3O2/c1-2-6-18-13-16(21-12-15(18)19)4-7-17(8-5-16)10-14-3-9-20-11-14;3-2(4,5)1(6)7/h2-3,9,11H,1,4-8,10,12-13H2;(H,6,7). The minimum atomic E-state index is -5.08. The molecule has 1 amide bonds. The maximum Gasteiger partial charge on any atom is 0.490 e. The van der Waals surface area contributed by atoms with Crippen LogP contribution in [-0.4, -0.2) is 71.3 Å². The average Bonchev–Trinajstić information content (AvgIpc) is 3.14. The van der Waals surface area contributed by atoms with Gasteiger partial charge in [0.1, 0.15) is 6.61 Å². The van der Waals surface area contributed by atoms with Crippen LogP contribution in [0.15, 0.2) is 35.7 Å². The molecule has 3 heterocycles. The highest BCUT2D eigenvalue weighted by molar-refractivity contribution is 5.78. The van der Waals surface area contributed by atoms with E-state index in [1.807, 2.05) is 11.0 Å². The van der Waals surface area contributed by atoms with Crippen LogP contribution in [0.25, 0.3) is 0 Å². The fourth-order valence-corrected chi connectivity index (χ4v) is 3.17. The number of aliphatic carboxylic acids is 1. The fourth-order valence-electron chi connectivity index (χ4n) is 3.17. The van der Waals surface area contributed by atoms with Crippen LogP contribution < -0.4 is 0 Å². The molecule has 1 spiro atoms. The van der Waals surface area contributed by atoms with Crippen molar-refractivity contribution in [1.29, 1.82) is 0 Å². The lowest BCUT2D eigenvalue weighted by atomic mass is 9.89. The number of piperidine rings is 1. The number of ether oxygens (including phenoxy) is 1. The van der Waals surface area contributed by atoms with Crippen LogP contribution in [0.5, 0.6) is 0 Å². The third-order valence-corrected chi connectivity index (χ3v) is 4.68. The first-order valence-corrected chi connectivity index (χ1v) is 8.71. The van der Waals surface area contributed by atoms with Crippen molar-refractivity contribution in [2.75, 3.05) is 32.8 Å². The summed E-state index contributed by atoms with van der Waals surface area (Å²) in [5.41, 5.74) is 1.04. The lowest BCUT2D eigenvalue weighted by Gasteiger charge is -2.46. The van der Waals surface area contributed by atoms with Crippen molar-refractivity contribution in [2.24, 2.45) is 0 Å². The number of amides is 1. The Kier molecular flexibility index (Phi) is 7.25. The normalized spacial score (nSPS) is 19.8. The van der Waals surface area contributed by atoms with Gasteiger partial charge in [0.05, 0.1) is 24.7 Å². The molecule has 156 valence electrons. The second kappa shape index (κ2) is 9.24. The fraction of sp³-hybridized carbons (Fsp3) is 0.556. The first kappa shape index (κ1) is 22.0. The number of rotatable bonds is 4. The monoisotopic (exact) mass is 404 g/mol. The lowest BCUT2D eigenvalue weighted by Crippen LogP contribution is -2.58. The molecule has 28 heavy (non-hydrogen) atoms. The number of hydrogen-bond acceptors (Lipinski definition) is 5. The molecule has 2 saturated heterocycles. The highest BCUT2D eigenvalue weighted by atomic mass is 19.4. The maximum atomic E-state index is 11.8. The van der Waals surface area contributed by atoms with Crippen molar-refractivity contribution in [1.82, 2.24) is 9.80 Å². The Morgan fingerprint density at radius 3 is 2.50 bits per heavy atom. The first-order valence-electron chi connectivity index (χ1n) is 8.71. The molecule has 0 unspecified atom stereocenters. The van der Waals surface area contributed by atoms with E-state index in [4.69, 9.17) is 19.1 Å². The van der Waals surface area contributed by atoms with Crippen LogP contribution in [0.1, 0.15) is 18.4 Å². The zero-order valence-electron chi connectivity index (χ0n) is 15.3. The zero-order valence-corrected chi connectivity index (χ0v) is 15.3. The molecule has 0 bridgehead atoms. The van der Waals surface area contributed by atoms with Crippen LogP contribution in [-0.2, 0) is 20.9 Å². The van der Waals surface area contributed by atoms with Gasteiger partial charge < -0.3 is 19.2 Å². The van der Waals surface area contributed by atoms with Gasteiger partial charge in [-0.2, -0.15) is 13.2 Å². The molecule has 3 rings (SSSR count). The third kappa shape index (κ3) is 6.10. The molecule has 2 fully saturated rings. The van der Waals surface area contributed by atoms with Crippen LogP contribution in [0.4, 0.5) is 13.2 Å². The average molecular weight is 404 g/mol. The van der Waals surface area contributed by atoms with E-state index in [1.54, 1.807) is 18.6 Å². The molecular weight excluding hydrogens is 381 g/mol. The number of carbonyl (C=O) groups excluding carboxylic acids is 1. The van der Waals surface area contributed by atoms with Crippen molar-refractivity contribution < 1.29 is 37.0 Å². The number of alkyl halides is 3. The van der Waals surface area contributed by atoms with Crippen molar-refractivity contribution in [3.05, 3.63) is 36.8 Å². The summed E-state index contributed by atoms with van der Waals surface area (Å²) < 4.78 is 42.8. The van der Waals surface area contributed by atoms with Gasteiger partial charge in [0.15, 0.2) is 0 Å². The van der Waals surface area contributed by atoms with Gasteiger partial charge in [-0.15, -0.1) is 6.58 Å². The predicted octanol–water partition coefficient (Wildman–Crippen LogP) is 2.29. The largest absolute Gasteiger partial charge is 0.490 e. The summed E-state index contributed by atoms with van der Waals surface area (Å²) in [6, 6.07) is 2.01. The van der Waals surface area contributed by atoms with Gasteiger partial charge in [0.25, 0.3) is 0 Å². The Balaban J connectivity index is 0.000000345. The molecule has 7 nitrogen and oxygen atoms in total. The summed E-state index contributed by atoms with van der Waals surface area (Å²) in [5, 5.41) is 7.12. The number of furan rings is 1. The number of hydrogen-bond donors (Lipinski definition) is 1. The molecule has 1 aromatic rings. The third-order valence-electron chi connectivity index (χ3n) is 4.68. The summed E-state index contributed by atoms with van der Waals surface area (Å²) in [4.78, 5) is 25.0. The maximum absolute atomic E-state index is 11.8. The quantitative estimate of drug-likeness (QED) is 0.776. The summed E-state index contributed by atoms with van der Waals surface area (Å²) in [6.07, 6.45) is 2.14. The molecular formula is C18H23F3N2O5. The Morgan fingerprint density at radius 2 is 2.00 bits per heavy atom. The van der Waals surface area contributed by atoms with Gasteiger partial charge in [0.2, 0.25) is 5.91 Å². The van der Waals surface area contributed by atoms with Crippen LogP contribution in [0, 0.1) is 0 Å². The van der Waals surface area contributed by atoms with E-state index < -0.39 is 12.1 Å². The molecule has 1 aromatic heterocycles. The van der Waals surface area contributed by atoms with Gasteiger partial charge in [-0.3, -0.25) is 9.69 Å². The molecule has 0 aliphatic carbocycles. The van der Waals surface area contributed by atoms with E-state index in [-0.39, 0.29) is 18.1 Å². The van der Waals surface area contributed by atoms with E-state index in [0.717, 1.165) is 32.5 Å². The predicted molar refractivity (Wildman–Crippen MR) is 92.4 cm³/mol. The van der Waals surface area contributed by atoms with Gasteiger partial charge in [-0.25, -0.2) is 4.79 Å². The summed E-state index contributed by atoms with van der Waals surface area (Å²) in [6.45, 7) is 8.13. The second-order valence-electron chi connectivity index (χ2n) is 6.75. The van der Waals surface area contributed by atoms with Crippen molar-refractivity contribution in [3.63, 3.8) is 0 Å². The number of carbonyl (C=O) groups is 2. The number of morpholine rings is 1. The van der Waals surface area contributed by atoms with Gasteiger partial charge in [-0.05, 0) is 18.9 Å². The number of carboxylic acids is 1. The minimum Gasteiger partial charge on any atom is -0.475 e. The Morgan fingerprint density at radius 1 is 1.36 bits per heavy atom. The Bertz CT molecular complexity index is 667. The number of carboxylic acid groups (broad SMARTS) is 1. The zero-order chi connectivity index (χ0) is 20.8. The number of likely N-dealkylation sites (tertiary alicyclic amines) is 1. The van der Waals surface area contributed by atoms with Crippen molar-refractivity contribution in [2.45, 2.75) is 31.2 Å². The molecule has 0 saturated carbocycles. The summed E-state index contributed by atoms with van der Waals surface area (Å²) >= 11 is 0. The van der Waals surface area contributed by atoms with E-state index in [2.05, 4.69) is 11.5 Å². The van der Waals surface area contributed by atoms with Crippen molar-refractivity contribution in [3.8, 4) is 0 Å². The van der Waals surface area contributed by atoms with E-state index in [1.165, 1.54) is 5.56 Å². The van der Waals surface area contributed by atoms with Gasteiger partial charge >= 0.3 is 12.1 Å². The highest BCUT2D eigenvalue weighted by Crippen LogP contribution is 2.31. The molecule has 0 atom stereocenters. The topological polar surface area (TPSA) is 83.2 Å². The van der Waals surface area contributed by atoms with Gasteiger partial charge in [-0.1, -0.05) is 6.08 Å². The van der Waals surface area contributed by atoms with Crippen LogP contribution >= 0.6 is 0 Å². The molecule has 10 heteroatoms. The molecule has 0 aromatic carbocycles. The highest BCUT2D eigenvalue weighted by Gasteiger charge is 2.41. The number of halogens is 3. The van der Waals surface area contributed by atoms with E-state index in [0.29, 0.717) is 13.1 Å². The van der Waals surface area contributed by atoms with Crippen LogP contribution in [0.3, 0.4) is 0 Å². The Labute approximate surface area is 160 Å². The van der Waals surface area contributed by atoms with E-state index in [9.17, 15) is 18.0 Å². The molecule has 1 N–H and O–H groups in total. The van der Waals surface area contributed by atoms with Gasteiger partial charge in [0, 0.05) is 31.7 Å².